The van der Waals surface area contributed by atoms with Crippen LogP contribution >= 0.6 is 0 Å². The lowest BCUT2D eigenvalue weighted by Gasteiger charge is -2.07. The highest BCUT2D eigenvalue weighted by Gasteiger charge is 2.15. The van der Waals surface area contributed by atoms with Crippen LogP contribution < -0.4 is 10.7 Å². The highest BCUT2D eigenvalue weighted by molar-refractivity contribution is 5.90. The first-order valence-corrected chi connectivity index (χ1v) is 8.16. The van der Waals surface area contributed by atoms with Crippen molar-refractivity contribution >= 4 is 22.8 Å². The highest BCUT2D eigenvalue weighted by atomic mass is 19.1. The molecule has 0 aliphatic rings. The first-order chi connectivity index (χ1) is 12.9. The van der Waals surface area contributed by atoms with Gasteiger partial charge in [0.15, 0.2) is 12.0 Å². The molecule has 3 rings (SSSR count). The van der Waals surface area contributed by atoms with Crippen molar-refractivity contribution in [2.75, 3.05) is 6.61 Å². The first kappa shape index (κ1) is 18.3. The number of halogens is 1. The van der Waals surface area contributed by atoms with E-state index in [1.54, 1.807) is 43.3 Å². The number of esters is 1. The lowest BCUT2D eigenvalue weighted by molar-refractivity contribution is -0.124. The quantitative estimate of drug-likeness (QED) is 0.699. The number of para-hydroxylation sites is 1. The molecule has 1 aromatic heterocycles. The minimum atomic E-state index is -0.922. The van der Waals surface area contributed by atoms with Gasteiger partial charge in [-0.15, -0.1) is 0 Å². The molecular formula is C20H16FNO5. The molecule has 0 bridgehead atoms. The average Bonchev–Trinajstić information content (AvgIpc) is 2.67. The molecule has 6 nitrogen and oxygen atoms in total. The monoisotopic (exact) mass is 369 g/mol. The molecule has 3 aromatic rings. The molecule has 0 atom stereocenters. The number of nitrogens with one attached hydrogen (secondary N) is 1. The van der Waals surface area contributed by atoms with E-state index in [1.807, 2.05) is 0 Å². The summed E-state index contributed by atoms with van der Waals surface area (Å²) >= 11 is 0. The van der Waals surface area contributed by atoms with Gasteiger partial charge in [0.1, 0.15) is 11.4 Å². The second-order valence-electron chi connectivity index (χ2n) is 5.91. The lowest BCUT2D eigenvalue weighted by atomic mass is 10.1. The van der Waals surface area contributed by atoms with Gasteiger partial charge in [-0.25, -0.2) is 9.18 Å². The molecule has 138 valence electrons. The van der Waals surface area contributed by atoms with Crippen LogP contribution in [0, 0.1) is 12.7 Å². The number of rotatable bonds is 5. The Morgan fingerprint density at radius 2 is 1.93 bits per heavy atom. The van der Waals surface area contributed by atoms with Gasteiger partial charge in [-0.1, -0.05) is 24.3 Å². The van der Waals surface area contributed by atoms with Crippen molar-refractivity contribution in [3.63, 3.8) is 0 Å². The summed E-state index contributed by atoms with van der Waals surface area (Å²) in [5, 5.41) is 2.86. The van der Waals surface area contributed by atoms with Crippen LogP contribution in [0.5, 0.6) is 0 Å². The number of fused-ring (bicyclic) bond motifs is 1. The predicted molar refractivity (Wildman–Crippen MR) is 95.8 cm³/mol. The number of hydrogen-bond donors (Lipinski definition) is 1. The first-order valence-electron chi connectivity index (χ1n) is 8.16. The molecule has 0 unspecified atom stereocenters. The van der Waals surface area contributed by atoms with E-state index in [1.165, 1.54) is 6.07 Å². The molecule has 2 aromatic carbocycles. The van der Waals surface area contributed by atoms with Crippen molar-refractivity contribution in [2.45, 2.75) is 13.5 Å². The molecule has 0 saturated carbocycles. The van der Waals surface area contributed by atoms with Crippen LogP contribution in [0.1, 0.15) is 21.7 Å². The Bertz CT molecular complexity index is 1070. The van der Waals surface area contributed by atoms with Crippen molar-refractivity contribution in [3.05, 3.63) is 81.5 Å². The van der Waals surface area contributed by atoms with E-state index in [9.17, 15) is 18.8 Å². The topological polar surface area (TPSA) is 85.6 Å². The third-order valence-corrected chi connectivity index (χ3v) is 3.90. The van der Waals surface area contributed by atoms with Crippen LogP contribution in [0.25, 0.3) is 11.0 Å². The summed E-state index contributed by atoms with van der Waals surface area (Å²) in [5.41, 5.74) is 0.964. The molecular weight excluding hydrogens is 353 g/mol. The van der Waals surface area contributed by atoms with Crippen LogP contribution in [0.15, 0.2) is 57.7 Å². The normalized spacial score (nSPS) is 10.6. The summed E-state index contributed by atoms with van der Waals surface area (Å²) in [7, 11) is 0. The standard InChI is InChI=1S/C20H16FNO5/c1-12-6-7-13(8-15(12)21)10-22-19(24)11-26-20(25)18-9-16(23)14-4-2-3-5-17(14)27-18/h2-9H,10-11H2,1H3,(H,22,24). The third kappa shape index (κ3) is 4.38. The van der Waals surface area contributed by atoms with E-state index in [-0.39, 0.29) is 29.1 Å². The van der Waals surface area contributed by atoms with Gasteiger partial charge in [0, 0.05) is 12.6 Å². The summed E-state index contributed by atoms with van der Waals surface area (Å²) in [6, 6.07) is 12.1. The zero-order valence-corrected chi connectivity index (χ0v) is 14.5. The second-order valence-corrected chi connectivity index (χ2v) is 5.91. The van der Waals surface area contributed by atoms with Crippen LogP contribution in [0.4, 0.5) is 4.39 Å². The number of amides is 1. The van der Waals surface area contributed by atoms with Crippen LogP contribution in [0.3, 0.4) is 0 Å². The van der Waals surface area contributed by atoms with E-state index in [0.29, 0.717) is 16.5 Å². The minimum absolute atomic E-state index is 0.0959. The fourth-order valence-electron chi connectivity index (χ4n) is 2.40. The molecule has 7 heteroatoms. The van der Waals surface area contributed by atoms with Crippen LogP contribution in [-0.2, 0) is 16.1 Å². The van der Waals surface area contributed by atoms with E-state index in [0.717, 1.165) is 6.07 Å². The number of carbonyl (C=O) groups is 2. The molecule has 1 heterocycles. The van der Waals surface area contributed by atoms with Crippen LogP contribution in [-0.4, -0.2) is 18.5 Å². The van der Waals surface area contributed by atoms with Crippen molar-refractivity contribution in [3.8, 4) is 0 Å². The Morgan fingerprint density at radius 3 is 2.70 bits per heavy atom. The average molecular weight is 369 g/mol. The Hall–Kier alpha value is -3.48. The highest BCUT2D eigenvalue weighted by Crippen LogP contribution is 2.12. The van der Waals surface area contributed by atoms with Gasteiger partial charge in [0.05, 0.1) is 5.39 Å². The van der Waals surface area contributed by atoms with Gasteiger partial charge in [0.2, 0.25) is 5.76 Å². The number of benzene rings is 2. The minimum Gasteiger partial charge on any atom is -0.450 e. The zero-order chi connectivity index (χ0) is 19.4. The molecule has 1 N–H and O–H groups in total. The van der Waals surface area contributed by atoms with Gasteiger partial charge in [-0.05, 0) is 36.2 Å². The maximum absolute atomic E-state index is 13.5. The van der Waals surface area contributed by atoms with Crippen LogP contribution in [0.2, 0.25) is 0 Å². The summed E-state index contributed by atoms with van der Waals surface area (Å²) in [6.07, 6.45) is 0. The van der Waals surface area contributed by atoms with E-state index in [2.05, 4.69) is 5.32 Å². The molecule has 0 aliphatic heterocycles. The summed E-state index contributed by atoms with van der Waals surface area (Å²) in [6.45, 7) is 1.19. The van der Waals surface area contributed by atoms with Crippen molar-refractivity contribution in [1.82, 2.24) is 5.32 Å². The molecule has 0 saturated heterocycles. The second kappa shape index (κ2) is 7.82. The van der Waals surface area contributed by atoms with E-state index >= 15 is 0 Å². The summed E-state index contributed by atoms with van der Waals surface area (Å²) in [4.78, 5) is 35.8. The summed E-state index contributed by atoms with van der Waals surface area (Å²) < 4.78 is 23.7. The smallest absolute Gasteiger partial charge is 0.374 e. The Labute approximate surface area is 153 Å². The molecule has 0 fully saturated rings. The third-order valence-electron chi connectivity index (χ3n) is 3.90. The summed E-state index contributed by atoms with van der Waals surface area (Å²) in [5.74, 6) is -2.13. The maximum Gasteiger partial charge on any atom is 0.374 e. The fourth-order valence-corrected chi connectivity index (χ4v) is 2.40. The van der Waals surface area contributed by atoms with Gasteiger partial charge in [0.25, 0.3) is 5.91 Å². The molecule has 0 radical (unpaired) electrons. The molecule has 27 heavy (non-hydrogen) atoms. The largest absolute Gasteiger partial charge is 0.450 e. The number of hydrogen-bond acceptors (Lipinski definition) is 5. The van der Waals surface area contributed by atoms with Gasteiger partial charge in [-0.2, -0.15) is 0 Å². The fraction of sp³-hybridized carbons (Fsp3) is 0.150. The van der Waals surface area contributed by atoms with Crippen molar-refractivity contribution < 1.29 is 23.1 Å². The van der Waals surface area contributed by atoms with Gasteiger partial charge >= 0.3 is 5.97 Å². The van der Waals surface area contributed by atoms with Gasteiger partial charge in [-0.3, -0.25) is 9.59 Å². The maximum atomic E-state index is 13.5. The molecule has 0 aliphatic carbocycles. The van der Waals surface area contributed by atoms with Gasteiger partial charge < -0.3 is 14.5 Å². The lowest BCUT2D eigenvalue weighted by Crippen LogP contribution is -2.28. The number of ether oxygens (including phenoxy) is 1. The number of aryl methyl sites for hydroxylation is 1. The SMILES string of the molecule is Cc1ccc(CNC(=O)COC(=O)c2cc(=O)c3ccccc3o2)cc1F. The zero-order valence-electron chi connectivity index (χ0n) is 14.5. The Balaban J connectivity index is 1.57. The Morgan fingerprint density at radius 1 is 1.15 bits per heavy atom. The Kier molecular flexibility index (Phi) is 5.30. The number of carbonyl (C=O) groups excluding carboxylic acids is 2. The van der Waals surface area contributed by atoms with Crippen molar-refractivity contribution in [2.24, 2.45) is 0 Å². The van der Waals surface area contributed by atoms with E-state index < -0.39 is 18.5 Å². The molecule has 1 amide bonds. The molecule has 0 spiro atoms. The van der Waals surface area contributed by atoms with E-state index in [4.69, 9.17) is 9.15 Å². The van der Waals surface area contributed by atoms with Crippen molar-refractivity contribution in [1.29, 1.82) is 0 Å². The predicted octanol–water partition coefficient (Wildman–Crippen LogP) is 2.71.